The number of rotatable bonds is 5. The summed E-state index contributed by atoms with van der Waals surface area (Å²) in [5.41, 5.74) is 8.18. The quantitative estimate of drug-likeness (QED) is 0.921. The van der Waals surface area contributed by atoms with Gasteiger partial charge in [-0.1, -0.05) is 12.1 Å². The highest BCUT2D eigenvalue weighted by Crippen LogP contribution is 2.21. The second-order valence-electron chi connectivity index (χ2n) is 5.94. The van der Waals surface area contributed by atoms with Crippen molar-refractivity contribution in [2.75, 3.05) is 19.6 Å². The summed E-state index contributed by atoms with van der Waals surface area (Å²) in [5.74, 6) is 0.784. The molecule has 2 N–H and O–H groups in total. The van der Waals surface area contributed by atoms with Crippen LogP contribution in [0.1, 0.15) is 24.8 Å². The van der Waals surface area contributed by atoms with Crippen molar-refractivity contribution in [3.05, 3.63) is 48.3 Å². The molecule has 1 aliphatic rings. The highest BCUT2D eigenvalue weighted by molar-refractivity contribution is 5.85. The summed E-state index contributed by atoms with van der Waals surface area (Å²) >= 11 is 0. The number of aromatic nitrogens is 2. The van der Waals surface area contributed by atoms with Crippen LogP contribution in [-0.2, 0) is 6.54 Å². The minimum Gasteiger partial charge on any atom is -0.330 e. The van der Waals surface area contributed by atoms with E-state index in [2.05, 4.69) is 34.3 Å². The Kier molecular flexibility index (Phi) is 6.43. The lowest BCUT2D eigenvalue weighted by Gasteiger charge is -2.32. The molecule has 0 saturated carbocycles. The van der Waals surface area contributed by atoms with Gasteiger partial charge in [0.15, 0.2) is 0 Å². The maximum Gasteiger partial charge on any atom is 0.0645 e. The van der Waals surface area contributed by atoms with Crippen LogP contribution < -0.4 is 5.73 Å². The first kappa shape index (κ1) is 17.0. The van der Waals surface area contributed by atoms with E-state index in [9.17, 15) is 0 Å². The number of hydrogen-bond donors (Lipinski definition) is 1. The van der Waals surface area contributed by atoms with Gasteiger partial charge in [-0.15, -0.1) is 12.4 Å². The van der Waals surface area contributed by atoms with E-state index in [1.807, 2.05) is 16.9 Å². The lowest BCUT2D eigenvalue weighted by molar-refractivity contribution is 0.163. The number of likely N-dealkylation sites (tertiary alicyclic amines) is 1. The largest absolute Gasteiger partial charge is 0.330 e. The van der Waals surface area contributed by atoms with Crippen molar-refractivity contribution < 1.29 is 0 Å². The normalized spacial score (nSPS) is 18.9. The molecule has 1 fully saturated rings. The molecular weight excluding hydrogens is 296 g/mol. The van der Waals surface area contributed by atoms with Gasteiger partial charge < -0.3 is 5.73 Å². The van der Waals surface area contributed by atoms with Crippen LogP contribution in [0, 0.1) is 5.92 Å². The summed E-state index contributed by atoms with van der Waals surface area (Å²) in [6.07, 6.45) is 7.58. The van der Waals surface area contributed by atoms with Gasteiger partial charge in [-0.3, -0.25) is 4.90 Å². The van der Waals surface area contributed by atoms with E-state index >= 15 is 0 Å². The fraction of sp³-hybridized carbons (Fsp3) is 0.471. The second-order valence-corrected chi connectivity index (χ2v) is 5.94. The van der Waals surface area contributed by atoms with E-state index in [1.54, 1.807) is 6.20 Å². The molecular formula is C17H25ClN4. The molecule has 3 rings (SSSR count). The van der Waals surface area contributed by atoms with Crippen LogP contribution in [0.2, 0.25) is 0 Å². The topological polar surface area (TPSA) is 47.1 Å². The van der Waals surface area contributed by atoms with E-state index < -0.39 is 0 Å². The molecule has 0 amide bonds. The molecule has 1 unspecified atom stereocenters. The Bertz CT molecular complexity index is 536. The predicted molar refractivity (Wildman–Crippen MR) is 92.5 cm³/mol. The van der Waals surface area contributed by atoms with Crippen LogP contribution in [0.25, 0.3) is 5.69 Å². The van der Waals surface area contributed by atoms with Crippen LogP contribution in [0.15, 0.2) is 42.7 Å². The Morgan fingerprint density at radius 3 is 2.73 bits per heavy atom. The molecule has 22 heavy (non-hydrogen) atoms. The molecule has 1 aromatic heterocycles. The molecule has 1 aliphatic heterocycles. The number of piperidine rings is 1. The van der Waals surface area contributed by atoms with Gasteiger partial charge in [0.1, 0.15) is 0 Å². The zero-order valence-electron chi connectivity index (χ0n) is 12.9. The van der Waals surface area contributed by atoms with Crippen molar-refractivity contribution in [1.29, 1.82) is 0 Å². The van der Waals surface area contributed by atoms with E-state index in [-0.39, 0.29) is 12.4 Å². The van der Waals surface area contributed by atoms with Crippen molar-refractivity contribution in [1.82, 2.24) is 14.7 Å². The maximum absolute atomic E-state index is 5.69. The number of nitrogens with zero attached hydrogens (tertiary/aromatic N) is 3. The monoisotopic (exact) mass is 320 g/mol. The number of benzene rings is 1. The van der Waals surface area contributed by atoms with E-state index in [0.29, 0.717) is 0 Å². The zero-order valence-corrected chi connectivity index (χ0v) is 13.7. The molecule has 2 heterocycles. The molecule has 1 atom stereocenters. The van der Waals surface area contributed by atoms with Crippen LogP contribution in [0.4, 0.5) is 0 Å². The van der Waals surface area contributed by atoms with E-state index in [0.717, 1.165) is 31.1 Å². The standard InChI is InChI=1S/C17H24N4.ClH/c18-9-8-15-3-1-11-20(13-15)14-16-4-6-17(7-5-16)21-12-2-10-19-21;/h2,4-7,10,12,15H,1,3,8-9,11,13-14,18H2;1H. The number of hydrogen-bond acceptors (Lipinski definition) is 3. The molecule has 0 spiro atoms. The third-order valence-electron chi connectivity index (χ3n) is 4.29. The zero-order chi connectivity index (χ0) is 14.5. The minimum absolute atomic E-state index is 0. The number of halogens is 1. The fourth-order valence-electron chi connectivity index (χ4n) is 3.20. The molecule has 0 bridgehead atoms. The van der Waals surface area contributed by atoms with Gasteiger partial charge in [-0.05, 0) is 62.0 Å². The van der Waals surface area contributed by atoms with Crippen molar-refractivity contribution >= 4 is 12.4 Å². The summed E-state index contributed by atoms with van der Waals surface area (Å²) in [4.78, 5) is 2.56. The molecule has 120 valence electrons. The second kappa shape index (κ2) is 8.32. The van der Waals surface area contributed by atoms with Gasteiger partial charge in [0.25, 0.3) is 0 Å². The molecule has 1 aromatic carbocycles. The average molecular weight is 321 g/mol. The highest BCUT2D eigenvalue weighted by Gasteiger charge is 2.19. The Morgan fingerprint density at radius 1 is 1.23 bits per heavy atom. The Balaban J connectivity index is 0.00000176. The smallest absolute Gasteiger partial charge is 0.0645 e. The van der Waals surface area contributed by atoms with Crippen LogP contribution in [-0.4, -0.2) is 34.3 Å². The SMILES string of the molecule is Cl.NCCC1CCCN(Cc2ccc(-n3cccn3)cc2)C1. The predicted octanol–water partition coefficient (Wildman–Crippen LogP) is 2.85. The van der Waals surface area contributed by atoms with Crippen molar-refractivity contribution in [3.8, 4) is 5.69 Å². The lowest BCUT2D eigenvalue weighted by atomic mass is 9.94. The summed E-state index contributed by atoms with van der Waals surface area (Å²) in [6.45, 7) is 4.26. The van der Waals surface area contributed by atoms with Crippen molar-refractivity contribution in [3.63, 3.8) is 0 Å². The molecule has 4 nitrogen and oxygen atoms in total. The van der Waals surface area contributed by atoms with Crippen LogP contribution in [0.5, 0.6) is 0 Å². The summed E-state index contributed by atoms with van der Waals surface area (Å²) in [7, 11) is 0. The molecule has 5 heteroatoms. The van der Waals surface area contributed by atoms with E-state index in [4.69, 9.17) is 5.73 Å². The van der Waals surface area contributed by atoms with Gasteiger partial charge in [-0.25, -0.2) is 4.68 Å². The van der Waals surface area contributed by atoms with Crippen molar-refractivity contribution in [2.24, 2.45) is 11.7 Å². The summed E-state index contributed by atoms with van der Waals surface area (Å²) in [6, 6.07) is 10.7. The summed E-state index contributed by atoms with van der Waals surface area (Å²) < 4.78 is 1.89. The van der Waals surface area contributed by atoms with E-state index in [1.165, 1.54) is 31.5 Å². The molecule has 0 aliphatic carbocycles. The van der Waals surface area contributed by atoms with Crippen LogP contribution >= 0.6 is 12.4 Å². The Labute approximate surface area is 138 Å². The molecule has 0 radical (unpaired) electrons. The first-order chi connectivity index (χ1) is 10.3. The van der Waals surface area contributed by atoms with Gasteiger partial charge >= 0.3 is 0 Å². The summed E-state index contributed by atoms with van der Waals surface area (Å²) in [5, 5.41) is 4.26. The molecule has 2 aromatic rings. The Hall–Kier alpha value is -1.36. The van der Waals surface area contributed by atoms with Gasteiger partial charge in [0, 0.05) is 25.5 Å². The van der Waals surface area contributed by atoms with Gasteiger partial charge in [0.2, 0.25) is 0 Å². The first-order valence-electron chi connectivity index (χ1n) is 7.86. The van der Waals surface area contributed by atoms with Crippen LogP contribution in [0.3, 0.4) is 0 Å². The highest BCUT2D eigenvalue weighted by atomic mass is 35.5. The maximum atomic E-state index is 5.69. The lowest BCUT2D eigenvalue weighted by Crippen LogP contribution is -2.35. The molecule has 1 saturated heterocycles. The minimum atomic E-state index is 0. The first-order valence-corrected chi connectivity index (χ1v) is 7.86. The Morgan fingerprint density at radius 2 is 2.05 bits per heavy atom. The number of nitrogens with two attached hydrogens (primary N) is 1. The fourth-order valence-corrected chi connectivity index (χ4v) is 3.20. The van der Waals surface area contributed by atoms with Gasteiger partial charge in [0.05, 0.1) is 5.69 Å². The average Bonchev–Trinajstić information content (AvgIpc) is 3.03. The third-order valence-corrected chi connectivity index (χ3v) is 4.29. The van der Waals surface area contributed by atoms with Crippen molar-refractivity contribution in [2.45, 2.75) is 25.8 Å². The van der Waals surface area contributed by atoms with Gasteiger partial charge in [-0.2, -0.15) is 5.10 Å². The third kappa shape index (κ3) is 4.32.